The molecule has 1 nitrogen and oxygen atoms in total. The maximum Gasteiger partial charge on any atom is 0.119 e. The zero-order valence-corrected chi connectivity index (χ0v) is 11.9. The third-order valence-electron chi connectivity index (χ3n) is 4.37. The van der Waals surface area contributed by atoms with Crippen LogP contribution in [0.3, 0.4) is 0 Å². The van der Waals surface area contributed by atoms with Gasteiger partial charge in [0.25, 0.3) is 0 Å². The van der Waals surface area contributed by atoms with Crippen molar-refractivity contribution in [2.24, 2.45) is 5.92 Å². The fraction of sp³-hybridized carbons (Fsp3) is 0.368. The molecule has 0 N–H and O–H groups in total. The Kier molecular flexibility index (Phi) is 4.37. The Morgan fingerprint density at radius 3 is 2.10 bits per heavy atom. The normalized spacial score (nSPS) is 17.0. The van der Waals surface area contributed by atoms with Gasteiger partial charge in [0.15, 0.2) is 0 Å². The van der Waals surface area contributed by atoms with Crippen molar-refractivity contribution in [2.45, 2.75) is 31.6 Å². The van der Waals surface area contributed by atoms with Crippen molar-refractivity contribution in [1.82, 2.24) is 0 Å². The van der Waals surface area contributed by atoms with Gasteiger partial charge in [0, 0.05) is 5.92 Å². The maximum absolute atomic E-state index is 6.03. The van der Waals surface area contributed by atoms with Crippen LogP contribution in [0.15, 0.2) is 60.7 Å². The zero-order chi connectivity index (χ0) is 13.6. The number of benzene rings is 2. The minimum Gasteiger partial charge on any atom is -0.493 e. The fourth-order valence-electron chi connectivity index (χ4n) is 3.27. The van der Waals surface area contributed by atoms with Crippen LogP contribution in [0.1, 0.15) is 37.2 Å². The molecule has 0 heterocycles. The number of para-hydroxylation sites is 1. The fourth-order valence-corrected chi connectivity index (χ4v) is 3.27. The minimum absolute atomic E-state index is 0.527. The van der Waals surface area contributed by atoms with E-state index < -0.39 is 0 Å². The van der Waals surface area contributed by atoms with Crippen molar-refractivity contribution in [3.05, 3.63) is 66.2 Å². The molecular weight excluding hydrogens is 244 g/mol. The third kappa shape index (κ3) is 3.22. The highest BCUT2D eigenvalue weighted by Crippen LogP contribution is 2.37. The molecule has 1 saturated carbocycles. The quantitative estimate of drug-likeness (QED) is 0.736. The molecule has 1 unspecified atom stereocenters. The van der Waals surface area contributed by atoms with Gasteiger partial charge < -0.3 is 4.74 Å². The van der Waals surface area contributed by atoms with Crippen molar-refractivity contribution in [3.8, 4) is 5.75 Å². The van der Waals surface area contributed by atoms with Gasteiger partial charge in [-0.2, -0.15) is 0 Å². The molecule has 0 spiro atoms. The molecule has 0 saturated heterocycles. The van der Waals surface area contributed by atoms with Gasteiger partial charge in [0.2, 0.25) is 0 Å². The van der Waals surface area contributed by atoms with E-state index in [0.29, 0.717) is 5.92 Å². The molecule has 1 atom stereocenters. The second kappa shape index (κ2) is 6.60. The molecule has 2 aromatic carbocycles. The summed E-state index contributed by atoms with van der Waals surface area (Å²) in [6.07, 6.45) is 5.44. The van der Waals surface area contributed by atoms with Crippen LogP contribution in [0.5, 0.6) is 5.75 Å². The maximum atomic E-state index is 6.03. The van der Waals surface area contributed by atoms with E-state index >= 15 is 0 Å². The average molecular weight is 266 g/mol. The van der Waals surface area contributed by atoms with Gasteiger partial charge in [-0.05, 0) is 36.5 Å². The predicted molar refractivity (Wildman–Crippen MR) is 83.1 cm³/mol. The highest BCUT2D eigenvalue weighted by molar-refractivity contribution is 5.23. The molecule has 104 valence electrons. The summed E-state index contributed by atoms with van der Waals surface area (Å²) in [6.45, 7) is 0.790. The minimum atomic E-state index is 0.527. The summed E-state index contributed by atoms with van der Waals surface area (Å²) in [5.74, 6) is 2.28. The van der Waals surface area contributed by atoms with Crippen LogP contribution in [0.2, 0.25) is 0 Å². The van der Waals surface area contributed by atoms with Crippen LogP contribution in [0.25, 0.3) is 0 Å². The summed E-state index contributed by atoms with van der Waals surface area (Å²) in [7, 11) is 0. The van der Waals surface area contributed by atoms with Gasteiger partial charge in [0.1, 0.15) is 5.75 Å². The van der Waals surface area contributed by atoms with E-state index in [4.69, 9.17) is 4.74 Å². The lowest BCUT2D eigenvalue weighted by Crippen LogP contribution is -2.18. The molecule has 0 aliphatic heterocycles. The summed E-state index contributed by atoms with van der Waals surface area (Å²) in [6, 6.07) is 21.0. The third-order valence-corrected chi connectivity index (χ3v) is 4.37. The van der Waals surface area contributed by atoms with Crippen molar-refractivity contribution in [3.63, 3.8) is 0 Å². The highest BCUT2D eigenvalue weighted by Gasteiger charge is 2.26. The average Bonchev–Trinajstić information content (AvgIpc) is 3.04. The Hall–Kier alpha value is -1.76. The van der Waals surface area contributed by atoms with Crippen LogP contribution in [-0.4, -0.2) is 6.61 Å². The Labute approximate surface area is 121 Å². The molecule has 1 aliphatic carbocycles. The number of hydrogen-bond acceptors (Lipinski definition) is 1. The predicted octanol–water partition coefficient (Wildman–Crippen LogP) is 5.04. The number of hydrogen-bond donors (Lipinski definition) is 0. The zero-order valence-electron chi connectivity index (χ0n) is 11.9. The molecule has 1 heteroatoms. The van der Waals surface area contributed by atoms with Crippen molar-refractivity contribution < 1.29 is 4.74 Å². The summed E-state index contributed by atoms with van der Waals surface area (Å²) < 4.78 is 6.03. The van der Waals surface area contributed by atoms with E-state index in [0.717, 1.165) is 18.3 Å². The first-order valence-corrected chi connectivity index (χ1v) is 7.66. The molecule has 0 amide bonds. The van der Waals surface area contributed by atoms with E-state index in [1.165, 1.54) is 31.2 Å². The monoisotopic (exact) mass is 266 g/mol. The smallest absolute Gasteiger partial charge is 0.119 e. The lowest BCUT2D eigenvalue weighted by Gasteiger charge is -2.24. The molecule has 2 aromatic rings. The second-order valence-electron chi connectivity index (χ2n) is 5.69. The van der Waals surface area contributed by atoms with Crippen LogP contribution < -0.4 is 4.74 Å². The Morgan fingerprint density at radius 2 is 1.45 bits per heavy atom. The first-order chi connectivity index (χ1) is 9.93. The van der Waals surface area contributed by atoms with Crippen molar-refractivity contribution in [1.29, 1.82) is 0 Å². The van der Waals surface area contributed by atoms with E-state index in [9.17, 15) is 0 Å². The molecule has 0 bridgehead atoms. The standard InChI is InChI=1S/C19H22O/c1-3-9-16(10-4-1)19(17-11-7-8-12-17)15-20-18-13-5-2-6-14-18/h1-6,9-10,13-14,17,19H,7-8,11-12,15H2. The number of ether oxygens (including phenoxy) is 1. The highest BCUT2D eigenvalue weighted by atomic mass is 16.5. The summed E-state index contributed by atoms with van der Waals surface area (Å²) in [4.78, 5) is 0. The van der Waals surface area contributed by atoms with Gasteiger partial charge in [-0.15, -0.1) is 0 Å². The molecular formula is C19H22O. The largest absolute Gasteiger partial charge is 0.493 e. The van der Waals surface area contributed by atoms with Crippen LogP contribution >= 0.6 is 0 Å². The summed E-state index contributed by atoms with van der Waals surface area (Å²) >= 11 is 0. The van der Waals surface area contributed by atoms with E-state index in [1.807, 2.05) is 30.3 Å². The van der Waals surface area contributed by atoms with E-state index in [-0.39, 0.29) is 0 Å². The molecule has 0 radical (unpaired) electrons. The van der Waals surface area contributed by atoms with E-state index in [1.54, 1.807) is 0 Å². The molecule has 0 aromatic heterocycles. The van der Waals surface area contributed by atoms with Crippen LogP contribution in [0.4, 0.5) is 0 Å². The lowest BCUT2D eigenvalue weighted by molar-refractivity contribution is 0.246. The molecule has 1 fully saturated rings. The topological polar surface area (TPSA) is 9.23 Å². The lowest BCUT2D eigenvalue weighted by atomic mass is 9.85. The molecule has 1 aliphatic rings. The summed E-state index contributed by atoms with van der Waals surface area (Å²) in [5, 5.41) is 0. The van der Waals surface area contributed by atoms with Gasteiger partial charge in [-0.1, -0.05) is 61.4 Å². The molecule has 3 rings (SSSR count). The SMILES string of the molecule is c1ccc(OCC(c2ccccc2)C2CCCC2)cc1. The van der Waals surface area contributed by atoms with Gasteiger partial charge in [-0.3, -0.25) is 0 Å². The van der Waals surface area contributed by atoms with Gasteiger partial charge in [0.05, 0.1) is 6.61 Å². The Bertz CT molecular complexity index is 500. The van der Waals surface area contributed by atoms with Gasteiger partial charge >= 0.3 is 0 Å². The van der Waals surface area contributed by atoms with Crippen LogP contribution in [0, 0.1) is 5.92 Å². The van der Waals surface area contributed by atoms with E-state index in [2.05, 4.69) is 30.3 Å². The first kappa shape index (κ1) is 13.2. The van der Waals surface area contributed by atoms with Crippen LogP contribution in [-0.2, 0) is 0 Å². The Balaban J connectivity index is 1.72. The van der Waals surface area contributed by atoms with Crippen molar-refractivity contribution in [2.75, 3.05) is 6.61 Å². The number of rotatable bonds is 5. The first-order valence-electron chi connectivity index (χ1n) is 7.66. The summed E-state index contributed by atoms with van der Waals surface area (Å²) in [5.41, 5.74) is 1.43. The van der Waals surface area contributed by atoms with Gasteiger partial charge in [-0.25, -0.2) is 0 Å². The Morgan fingerprint density at radius 1 is 0.850 bits per heavy atom. The molecule has 20 heavy (non-hydrogen) atoms. The second-order valence-corrected chi connectivity index (χ2v) is 5.69. The van der Waals surface area contributed by atoms with Crippen molar-refractivity contribution >= 4 is 0 Å².